The summed E-state index contributed by atoms with van der Waals surface area (Å²) in [6.45, 7) is 6.82. The molecule has 0 aliphatic rings. The van der Waals surface area contributed by atoms with Gasteiger partial charge in [-0.05, 0) is 70.4 Å². The van der Waals surface area contributed by atoms with Crippen LogP contribution in [0.15, 0.2) is 66.7 Å². The number of aryl methyl sites for hydroxylation is 1. The molecule has 0 radical (unpaired) electrons. The topological polar surface area (TPSA) is 106 Å². The van der Waals surface area contributed by atoms with Gasteiger partial charge in [-0.3, -0.25) is 9.59 Å². The van der Waals surface area contributed by atoms with Crippen molar-refractivity contribution in [1.82, 2.24) is 10.6 Å². The Hall–Kier alpha value is -3.81. The molecule has 3 amide bonds. The largest absolute Gasteiger partial charge is 0.497 e. The van der Waals surface area contributed by atoms with Crippen LogP contribution in [0.1, 0.15) is 39.7 Å². The second-order valence-electron chi connectivity index (χ2n) is 9.08. The monoisotopic (exact) mass is 481 g/mol. The van der Waals surface area contributed by atoms with Gasteiger partial charge in [-0.2, -0.15) is 0 Å². The van der Waals surface area contributed by atoms with Gasteiger partial charge >= 0.3 is 6.09 Å². The van der Waals surface area contributed by atoms with Crippen LogP contribution in [-0.2, 0) is 20.7 Å². The summed E-state index contributed by atoms with van der Waals surface area (Å²) in [6.07, 6.45) is 3.65. The zero-order valence-electron chi connectivity index (χ0n) is 21.0. The van der Waals surface area contributed by atoms with E-state index in [0.29, 0.717) is 24.3 Å². The minimum atomic E-state index is -0.814. The third-order valence-electron chi connectivity index (χ3n) is 4.88. The fourth-order valence-corrected chi connectivity index (χ4v) is 3.10. The summed E-state index contributed by atoms with van der Waals surface area (Å²) in [4.78, 5) is 37.2. The van der Waals surface area contributed by atoms with Crippen LogP contribution in [0, 0.1) is 0 Å². The number of carbonyl (C=O) groups is 3. The molecular weight excluding hydrogens is 446 g/mol. The van der Waals surface area contributed by atoms with Gasteiger partial charge in [0.15, 0.2) is 0 Å². The van der Waals surface area contributed by atoms with Crippen LogP contribution in [0.5, 0.6) is 5.75 Å². The molecule has 8 nitrogen and oxygen atoms in total. The first-order chi connectivity index (χ1) is 16.6. The molecule has 0 aliphatic heterocycles. The second kappa shape index (κ2) is 13.2. The minimum Gasteiger partial charge on any atom is -0.497 e. The molecule has 0 aromatic heterocycles. The highest BCUT2D eigenvalue weighted by Crippen LogP contribution is 2.15. The van der Waals surface area contributed by atoms with E-state index in [-0.39, 0.29) is 11.8 Å². The van der Waals surface area contributed by atoms with E-state index in [1.54, 1.807) is 65.1 Å². The highest BCUT2D eigenvalue weighted by atomic mass is 16.6. The lowest BCUT2D eigenvalue weighted by Gasteiger charge is -2.23. The van der Waals surface area contributed by atoms with Gasteiger partial charge in [-0.1, -0.05) is 36.4 Å². The average molecular weight is 482 g/mol. The third-order valence-corrected chi connectivity index (χ3v) is 4.88. The molecule has 0 aliphatic carbocycles. The SMILES string of the molecule is COc1ccc(NC(=O)/C=C/[C@H](CCc2ccccc2)NC(=O)[C@H](C)NC(=O)OC(C)(C)C)cc1. The molecule has 0 saturated carbocycles. The Morgan fingerprint density at radius 3 is 2.23 bits per heavy atom. The predicted octanol–water partition coefficient (Wildman–Crippen LogP) is 4.22. The summed E-state index contributed by atoms with van der Waals surface area (Å²) in [5.41, 5.74) is 1.07. The van der Waals surface area contributed by atoms with Crippen molar-refractivity contribution in [3.8, 4) is 5.75 Å². The van der Waals surface area contributed by atoms with Gasteiger partial charge in [0.2, 0.25) is 11.8 Å². The molecule has 2 atom stereocenters. The smallest absolute Gasteiger partial charge is 0.408 e. The standard InChI is InChI=1S/C27H35N3O5/c1-19(28-26(33)35-27(2,3)4)25(32)30-22(12-11-20-9-7-6-8-10-20)15-18-24(31)29-21-13-16-23(34-5)17-14-21/h6-10,13-19,22H,11-12H2,1-5H3,(H,28,33)(H,29,31)(H,30,32)/b18-15+/t19-,22-/m0/s1. The molecule has 35 heavy (non-hydrogen) atoms. The van der Waals surface area contributed by atoms with E-state index in [2.05, 4.69) is 16.0 Å². The summed E-state index contributed by atoms with van der Waals surface area (Å²) >= 11 is 0. The number of alkyl carbamates (subject to hydrolysis) is 1. The Morgan fingerprint density at radius 1 is 0.971 bits per heavy atom. The molecular formula is C27H35N3O5. The van der Waals surface area contributed by atoms with Gasteiger partial charge in [0.25, 0.3) is 0 Å². The van der Waals surface area contributed by atoms with Crippen LogP contribution in [-0.4, -0.2) is 42.7 Å². The maximum absolute atomic E-state index is 12.7. The zero-order valence-corrected chi connectivity index (χ0v) is 21.0. The predicted molar refractivity (Wildman–Crippen MR) is 136 cm³/mol. The number of anilines is 1. The van der Waals surface area contributed by atoms with E-state index in [0.717, 1.165) is 5.56 Å². The molecule has 0 unspecified atom stereocenters. The van der Waals surface area contributed by atoms with Crippen molar-refractivity contribution >= 4 is 23.6 Å². The number of ether oxygens (including phenoxy) is 2. The van der Waals surface area contributed by atoms with E-state index in [4.69, 9.17) is 9.47 Å². The maximum atomic E-state index is 12.7. The Labute approximate surface area is 207 Å². The quantitative estimate of drug-likeness (QED) is 0.441. The molecule has 188 valence electrons. The molecule has 0 spiro atoms. The first-order valence-corrected chi connectivity index (χ1v) is 11.5. The molecule has 0 fully saturated rings. The third kappa shape index (κ3) is 10.8. The van der Waals surface area contributed by atoms with E-state index in [1.165, 1.54) is 6.08 Å². The van der Waals surface area contributed by atoms with Crippen molar-refractivity contribution < 1.29 is 23.9 Å². The van der Waals surface area contributed by atoms with Crippen molar-refractivity contribution in [2.24, 2.45) is 0 Å². The summed E-state index contributed by atoms with van der Waals surface area (Å²) in [6, 6.07) is 15.6. The molecule has 2 aromatic rings. The molecule has 2 rings (SSSR count). The van der Waals surface area contributed by atoms with E-state index in [9.17, 15) is 14.4 Å². The highest BCUT2D eigenvalue weighted by molar-refractivity contribution is 5.99. The summed E-state index contributed by atoms with van der Waals surface area (Å²) in [5.74, 6) is -0.0143. The number of methoxy groups -OCH3 is 1. The molecule has 8 heteroatoms. The summed E-state index contributed by atoms with van der Waals surface area (Å²) in [5, 5.41) is 8.21. The van der Waals surface area contributed by atoms with Crippen molar-refractivity contribution in [3.05, 3.63) is 72.3 Å². The van der Waals surface area contributed by atoms with E-state index >= 15 is 0 Å². The van der Waals surface area contributed by atoms with Gasteiger partial charge < -0.3 is 25.4 Å². The fraction of sp³-hybridized carbons (Fsp3) is 0.370. The minimum absolute atomic E-state index is 0.325. The first kappa shape index (κ1) is 27.4. The highest BCUT2D eigenvalue weighted by Gasteiger charge is 2.22. The van der Waals surface area contributed by atoms with Crippen molar-refractivity contribution in [1.29, 1.82) is 0 Å². The molecule has 0 saturated heterocycles. The van der Waals surface area contributed by atoms with Gasteiger partial charge in [-0.25, -0.2) is 4.79 Å². The van der Waals surface area contributed by atoms with Gasteiger partial charge in [0, 0.05) is 17.8 Å². The second-order valence-corrected chi connectivity index (χ2v) is 9.08. The number of hydrogen-bond acceptors (Lipinski definition) is 5. The van der Waals surface area contributed by atoms with Gasteiger partial charge in [0.1, 0.15) is 17.4 Å². The van der Waals surface area contributed by atoms with Crippen molar-refractivity contribution in [3.63, 3.8) is 0 Å². The first-order valence-electron chi connectivity index (χ1n) is 11.5. The maximum Gasteiger partial charge on any atom is 0.408 e. The number of amides is 3. The number of benzene rings is 2. The number of rotatable bonds is 10. The summed E-state index contributed by atoms with van der Waals surface area (Å²) < 4.78 is 10.3. The number of hydrogen-bond donors (Lipinski definition) is 3. The van der Waals surface area contributed by atoms with Crippen LogP contribution in [0.2, 0.25) is 0 Å². The van der Waals surface area contributed by atoms with Gasteiger partial charge in [0.05, 0.1) is 7.11 Å². The van der Waals surface area contributed by atoms with E-state index in [1.807, 2.05) is 30.3 Å². The normalized spacial score (nSPS) is 12.9. The number of nitrogens with one attached hydrogen (secondary N) is 3. The Kier molecular flexibility index (Phi) is 10.3. The zero-order chi connectivity index (χ0) is 25.8. The van der Waals surface area contributed by atoms with Gasteiger partial charge in [-0.15, -0.1) is 0 Å². The Bertz CT molecular complexity index is 998. The average Bonchev–Trinajstić information content (AvgIpc) is 2.80. The van der Waals surface area contributed by atoms with Crippen LogP contribution in [0.3, 0.4) is 0 Å². The van der Waals surface area contributed by atoms with Crippen molar-refractivity contribution in [2.75, 3.05) is 12.4 Å². The van der Waals surface area contributed by atoms with Crippen LogP contribution >= 0.6 is 0 Å². The molecule has 0 bridgehead atoms. The van der Waals surface area contributed by atoms with Crippen LogP contribution in [0.4, 0.5) is 10.5 Å². The lowest BCUT2D eigenvalue weighted by atomic mass is 10.0. The Balaban J connectivity index is 2.02. The summed E-state index contributed by atoms with van der Waals surface area (Å²) in [7, 11) is 1.57. The lowest BCUT2D eigenvalue weighted by Crippen LogP contribution is -2.48. The molecule has 3 N–H and O–H groups in total. The molecule has 0 heterocycles. The fourth-order valence-electron chi connectivity index (χ4n) is 3.10. The van der Waals surface area contributed by atoms with E-state index < -0.39 is 23.8 Å². The van der Waals surface area contributed by atoms with Crippen LogP contribution < -0.4 is 20.7 Å². The molecule has 2 aromatic carbocycles. The van der Waals surface area contributed by atoms with Crippen LogP contribution in [0.25, 0.3) is 0 Å². The lowest BCUT2D eigenvalue weighted by molar-refractivity contribution is -0.123. The Morgan fingerprint density at radius 2 is 1.63 bits per heavy atom. The number of carbonyl (C=O) groups excluding carboxylic acids is 3. The van der Waals surface area contributed by atoms with Crippen molar-refractivity contribution in [2.45, 2.75) is 58.2 Å².